The van der Waals surface area contributed by atoms with Crippen LogP contribution in [0.25, 0.3) is 0 Å². The van der Waals surface area contributed by atoms with Crippen molar-refractivity contribution in [2.45, 2.75) is 25.2 Å². The molecule has 1 unspecified atom stereocenters. The summed E-state index contributed by atoms with van der Waals surface area (Å²) in [6, 6.07) is 28.0. The standard InChI is InChI=1S/C20H18O2.C7H10O6/c1-3-8-17(9-4-1)15-21-19-12-7-13-20(14-19)22-16-18-10-5-2-6-11-18;1-12-5(9)3-7(11,4-8)6(10)13-2/h1-14H,15-16H2;4,11H,3H2,1-2H3. The van der Waals surface area contributed by atoms with E-state index in [9.17, 15) is 19.5 Å². The highest BCUT2D eigenvalue weighted by Gasteiger charge is 2.40. The molecule has 0 saturated heterocycles. The Morgan fingerprint density at radius 1 is 0.771 bits per heavy atom. The highest BCUT2D eigenvalue weighted by molar-refractivity contribution is 6.00. The lowest BCUT2D eigenvalue weighted by atomic mass is 10.0. The van der Waals surface area contributed by atoms with Gasteiger partial charge in [0, 0.05) is 6.07 Å². The number of hydrogen-bond donors (Lipinski definition) is 1. The summed E-state index contributed by atoms with van der Waals surface area (Å²) in [5.41, 5.74) is -0.141. The summed E-state index contributed by atoms with van der Waals surface area (Å²) in [4.78, 5) is 31.8. The van der Waals surface area contributed by atoms with Crippen molar-refractivity contribution in [3.05, 3.63) is 96.1 Å². The normalized spacial score (nSPS) is 11.6. The molecule has 8 nitrogen and oxygen atoms in total. The maximum absolute atomic E-state index is 10.8. The quantitative estimate of drug-likeness (QED) is 0.267. The van der Waals surface area contributed by atoms with Gasteiger partial charge in [-0.2, -0.15) is 0 Å². The summed E-state index contributed by atoms with van der Waals surface area (Å²) in [7, 11) is 2.07. The molecule has 35 heavy (non-hydrogen) atoms. The van der Waals surface area contributed by atoms with E-state index >= 15 is 0 Å². The molecule has 0 aliphatic rings. The van der Waals surface area contributed by atoms with Crippen LogP contribution in [0.5, 0.6) is 11.5 Å². The third-order valence-corrected chi connectivity index (χ3v) is 4.68. The van der Waals surface area contributed by atoms with Crippen molar-refractivity contribution in [1.29, 1.82) is 0 Å². The van der Waals surface area contributed by atoms with Gasteiger partial charge in [-0.05, 0) is 23.3 Å². The van der Waals surface area contributed by atoms with Crippen molar-refractivity contribution >= 4 is 18.2 Å². The number of hydrogen-bond acceptors (Lipinski definition) is 8. The molecule has 184 valence electrons. The van der Waals surface area contributed by atoms with Gasteiger partial charge in [0.2, 0.25) is 5.60 Å². The molecule has 3 aromatic rings. The number of esters is 2. The molecule has 0 bridgehead atoms. The predicted octanol–water partition coefficient (Wildman–Crippen LogP) is 3.50. The summed E-state index contributed by atoms with van der Waals surface area (Å²) in [5, 5.41) is 9.25. The Balaban J connectivity index is 0.000000287. The van der Waals surface area contributed by atoms with Crippen molar-refractivity contribution < 1.29 is 38.4 Å². The van der Waals surface area contributed by atoms with E-state index < -0.39 is 24.0 Å². The molecule has 1 atom stereocenters. The minimum atomic E-state index is -2.44. The number of aldehydes is 1. The summed E-state index contributed by atoms with van der Waals surface area (Å²) < 4.78 is 19.9. The third kappa shape index (κ3) is 9.30. The van der Waals surface area contributed by atoms with E-state index in [4.69, 9.17) is 9.47 Å². The van der Waals surface area contributed by atoms with Crippen LogP contribution in [-0.2, 0) is 37.1 Å². The van der Waals surface area contributed by atoms with Crippen molar-refractivity contribution in [3.63, 3.8) is 0 Å². The first-order valence-corrected chi connectivity index (χ1v) is 10.7. The lowest BCUT2D eigenvalue weighted by Crippen LogP contribution is -2.43. The second-order valence-electron chi connectivity index (χ2n) is 7.31. The van der Waals surface area contributed by atoms with Gasteiger partial charge in [0.1, 0.15) is 24.7 Å². The summed E-state index contributed by atoms with van der Waals surface area (Å²) in [5.74, 6) is -0.434. The molecule has 0 radical (unpaired) electrons. The number of aliphatic hydroxyl groups is 1. The Hall–Kier alpha value is -4.17. The Bertz CT molecular complexity index is 1010. The smallest absolute Gasteiger partial charge is 0.346 e. The number of carbonyl (C=O) groups excluding carboxylic acids is 3. The molecule has 3 rings (SSSR count). The third-order valence-electron chi connectivity index (χ3n) is 4.68. The van der Waals surface area contributed by atoms with Crippen LogP contribution in [0.1, 0.15) is 17.5 Å². The van der Waals surface area contributed by atoms with E-state index in [1.807, 2.05) is 60.7 Å². The Morgan fingerprint density at radius 2 is 1.26 bits per heavy atom. The van der Waals surface area contributed by atoms with Crippen molar-refractivity contribution in [2.24, 2.45) is 0 Å². The molecule has 3 aromatic carbocycles. The fourth-order valence-corrected chi connectivity index (χ4v) is 2.77. The van der Waals surface area contributed by atoms with Gasteiger partial charge in [-0.3, -0.25) is 9.59 Å². The molecule has 0 saturated carbocycles. The molecule has 0 aliphatic heterocycles. The highest BCUT2D eigenvalue weighted by Crippen LogP contribution is 2.21. The van der Waals surface area contributed by atoms with Crippen LogP contribution in [0.4, 0.5) is 0 Å². The van der Waals surface area contributed by atoms with Crippen LogP contribution < -0.4 is 9.47 Å². The lowest BCUT2D eigenvalue weighted by Gasteiger charge is -2.16. The predicted molar refractivity (Wildman–Crippen MR) is 128 cm³/mol. The zero-order valence-corrected chi connectivity index (χ0v) is 19.6. The average molecular weight is 481 g/mol. The van der Waals surface area contributed by atoms with E-state index in [-0.39, 0.29) is 6.29 Å². The molecule has 0 aliphatic carbocycles. The van der Waals surface area contributed by atoms with Crippen molar-refractivity contribution in [2.75, 3.05) is 14.2 Å². The van der Waals surface area contributed by atoms with Gasteiger partial charge in [0.05, 0.1) is 20.6 Å². The lowest BCUT2D eigenvalue weighted by molar-refractivity contribution is -0.170. The van der Waals surface area contributed by atoms with Gasteiger partial charge in [-0.25, -0.2) is 4.79 Å². The zero-order valence-electron chi connectivity index (χ0n) is 19.6. The molecule has 0 amide bonds. The van der Waals surface area contributed by atoms with Crippen LogP contribution in [0.2, 0.25) is 0 Å². The summed E-state index contributed by atoms with van der Waals surface area (Å²) in [6.45, 7) is 1.12. The van der Waals surface area contributed by atoms with E-state index in [0.29, 0.717) is 13.2 Å². The van der Waals surface area contributed by atoms with Crippen LogP contribution in [-0.4, -0.2) is 43.2 Å². The van der Waals surface area contributed by atoms with Crippen LogP contribution >= 0.6 is 0 Å². The Kier molecular flexibility index (Phi) is 11.0. The maximum Gasteiger partial charge on any atom is 0.346 e. The molecule has 0 heterocycles. The van der Waals surface area contributed by atoms with E-state index in [1.54, 1.807) is 0 Å². The van der Waals surface area contributed by atoms with Crippen molar-refractivity contribution in [3.8, 4) is 11.5 Å². The molecule has 0 aromatic heterocycles. The highest BCUT2D eigenvalue weighted by atomic mass is 16.5. The number of ether oxygens (including phenoxy) is 4. The van der Waals surface area contributed by atoms with Crippen LogP contribution in [0.3, 0.4) is 0 Å². The maximum atomic E-state index is 10.8. The molecule has 0 spiro atoms. The van der Waals surface area contributed by atoms with Gasteiger partial charge in [0.15, 0.2) is 6.29 Å². The average Bonchev–Trinajstić information content (AvgIpc) is 2.91. The van der Waals surface area contributed by atoms with Crippen molar-refractivity contribution in [1.82, 2.24) is 0 Å². The monoisotopic (exact) mass is 480 g/mol. The van der Waals surface area contributed by atoms with Crippen LogP contribution in [0, 0.1) is 0 Å². The largest absolute Gasteiger partial charge is 0.489 e. The summed E-state index contributed by atoms with van der Waals surface area (Å²) >= 11 is 0. The first-order chi connectivity index (χ1) is 16.9. The SMILES string of the molecule is COC(=O)CC(O)(C=O)C(=O)OC.c1ccc(COc2cccc(OCc3ccccc3)c2)cc1. The Labute approximate surface area is 204 Å². The Morgan fingerprint density at radius 3 is 1.66 bits per heavy atom. The van der Waals surface area contributed by atoms with Crippen LogP contribution in [0.15, 0.2) is 84.9 Å². The van der Waals surface area contributed by atoms with E-state index in [1.165, 1.54) is 0 Å². The van der Waals surface area contributed by atoms with Gasteiger partial charge in [-0.15, -0.1) is 0 Å². The molecular weight excluding hydrogens is 452 g/mol. The molecule has 8 heteroatoms. The summed E-state index contributed by atoms with van der Waals surface area (Å²) in [6.07, 6.45) is -0.810. The molecule has 0 fully saturated rings. The van der Waals surface area contributed by atoms with Gasteiger partial charge in [-0.1, -0.05) is 66.7 Å². The number of carbonyl (C=O) groups is 3. The minimum Gasteiger partial charge on any atom is -0.489 e. The first-order valence-electron chi connectivity index (χ1n) is 10.7. The van der Waals surface area contributed by atoms with E-state index in [2.05, 4.69) is 33.7 Å². The second-order valence-corrected chi connectivity index (χ2v) is 7.31. The number of methoxy groups -OCH3 is 2. The molecular formula is C27H28O8. The van der Waals surface area contributed by atoms with Gasteiger partial charge >= 0.3 is 11.9 Å². The van der Waals surface area contributed by atoms with Gasteiger partial charge in [0.25, 0.3) is 0 Å². The fourth-order valence-electron chi connectivity index (χ4n) is 2.77. The fraction of sp³-hybridized carbons (Fsp3) is 0.222. The number of benzene rings is 3. The second kappa shape index (κ2) is 14.2. The topological polar surface area (TPSA) is 108 Å². The van der Waals surface area contributed by atoms with E-state index in [0.717, 1.165) is 36.8 Å². The minimum absolute atomic E-state index is 0.0598. The zero-order chi connectivity index (χ0) is 25.5. The molecule has 1 N–H and O–H groups in total. The first kappa shape index (κ1) is 27.1. The van der Waals surface area contributed by atoms with Gasteiger partial charge < -0.3 is 24.1 Å². The number of rotatable bonds is 10.